The molecular weight excluding hydrogens is 524 g/mol. The van der Waals surface area contributed by atoms with Gasteiger partial charge in [-0.05, 0) is 47.2 Å². The van der Waals surface area contributed by atoms with Crippen LogP contribution in [0.2, 0.25) is 0 Å². The monoisotopic (exact) mass is 558 g/mol. The summed E-state index contributed by atoms with van der Waals surface area (Å²) in [6.45, 7) is 3.65. The lowest BCUT2D eigenvalue weighted by atomic mass is 10.00. The molecule has 4 N–H and O–H groups in total. The van der Waals surface area contributed by atoms with Crippen LogP contribution >= 0.6 is 0 Å². The van der Waals surface area contributed by atoms with Crippen LogP contribution in [0.15, 0.2) is 66.7 Å². The first-order valence-corrected chi connectivity index (χ1v) is 13.6. The van der Waals surface area contributed by atoms with Crippen molar-refractivity contribution in [3.8, 4) is 0 Å². The Morgan fingerprint density at radius 3 is 1.90 bits per heavy atom. The first-order chi connectivity index (χ1) is 19.6. The van der Waals surface area contributed by atoms with Gasteiger partial charge in [-0.1, -0.05) is 68.4 Å². The van der Waals surface area contributed by atoms with E-state index in [0.29, 0.717) is 12.0 Å². The Labute approximate surface area is 238 Å². The molecule has 0 spiro atoms. The number of carbonyl (C=O) groups is 5. The summed E-state index contributed by atoms with van der Waals surface area (Å²) in [5, 5.41) is 19.8. The van der Waals surface area contributed by atoms with Gasteiger partial charge < -0.3 is 15.7 Å². The van der Waals surface area contributed by atoms with Crippen LogP contribution in [0.5, 0.6) is 0 Å². The van der Waals surface area contributed by atoms with E-state index in [9.17, 15) is 29.1 Å². The zero-order valence-corrected chi connectivity index (χ0v) is 23.2. The molecule has 0 bridgehead atoms. The van der Waals surface area contributed by atoms with E-state index in [1.54, 1.807) is 42.5 Å². The third kappa shape index (κ3) is 6.60. The lowest BCUT2D eigenvalue weighted by Gasteiger charge is -2.27. The van der Waals surface area contributed by atoms with Gasteiger partial charge in [0.05, 0.1) is 17.2 Å². The molecule has 0 saturated heterocycles. The number of benzene rings is 3. The zero-order chi connectivity index (χ0) is 29.7. The topological polar surface area (TPSA) is 145 Å². The predicted octanol–water partition coefficient (Wildman–Crippen LogP) is 2.89. The minimum absolute atomic E-state index is 0.0215. The summed E-state index contributed by atoms with van der Waals surface area (Å²) in [7, 11) is 1.47. The van der Waals surface area contributed by atoms with E-state index < -0.39 is 47.7 Å². The molecular formula is C31H34N4O6. The van der Waals surface area contributed by atoms with Crippen molar-refractivity contribution in [1.82, 2.24) is 20.9 Å². The highest BCUT2D eigenvalue weighted by molar-refractivity contribution is 6.23. The Kier molecular flexibility index (Phi) is 9.14. The van der Waals surface area contributed by atoms with Crippen LogP contribution < -0.4 is 16.0 Å². The van der Waals surface area contributed by atoms with E-state index >= 15 is 0 Å². The maximum Gasteiger partial charge on any atom is 0.320 e. The molecule has 0 saturated carbocycles. The fourth-order valence-corrected chi connectivity index (χ4v) is 5.01. The van der Waals surface area contributed by atoms with Crippen LogP contribution in [0.25, 0.3) is 10.8 Å². The molecule has 41 heavy (non-hydrogen) atoms. The van der Waals surface area contributed by atoms with Gasteiger partial charge in [-0.2, -0.15) is 0 Å². The van der Waals surface area contributed by atoms with Crippen molar-refractivity contribution in [3.63, 3.8) is 0 Å². The molecule has 0 unspecified atom stereocenters. The molecule has 3 atom stereocenters. The van der Waals surface area contributed by atoms with Gasteiger partial charge in [-0.3, -0.25) is 34.2 Å². The van der Waals surface area contributed by atoms with Crippen molar-refractivity contribution >= 4 is 40.4 Å². The second-order valence-corrected chi connectivity index (χ2v) is 10.5. The number of imide groups is 1. The number of nitrogens with zero attached hydrogens (tertiary/aromatic N) is 1. The van der Waals surface area contributed by atoms with Crippen molar-refractivity contribution in [2.45, 2.75) is 44.8 Å². The van der Waals surface area contributed by atoms with Gasteiger partial charge in [0.2, 0.25) is 11.8 Å². The van der Waals surface area contributed by atoms with E-state index in [1.807, 2.05) is 38.1 Å². The van der Waals surface area contributed by atoms with Gasteiger partial charge in [0.15, 0.2) is 0 Å². The highest BCUT2D eigenvalue weighted by Crippen LogP contribution is 2.28. The second kappa shape index (κ2) is 12.7. The molecule has 3 aromatic rings. The molecule has 10 nitrogen and oxygen atoms in total. The number of fused-ring (bicyclic) bond motifs is 2. The SMILES string of the molecule is CNC(=O)[C@@H](NC(=O)[C@H](CC(C)C)N[C@H](CCN1C(=O)c2cc3ccccc3cc2C1=O)C(=O)O)c1ccccc1. The van der Waals surface area contributed by atoms with Gasteiger partial charge in [-0.25, -0.2) is 0 Å². The molecule has 214 valence electrons. The average molecular weight is 559 g/mol. The molecule has 1 heterocycles. The van der Waals surface area contributed by atoms with E-state index in [4.69, 9.17) is 0 Å². The van der Waals surface area contributed by atoms with Crippen molar-refractivity contribution in [1.29, 1.82) is 0 Å². The summed E-state index contributed by atoms with van der Waals surface area (Å²) in [5.41, 5.74) is 1.15. The third-order valence-electron chi connectivity index (χ3n) is 7.13. The van der Waals surface area contributed by atoms with E-state index in [1.165, 1.54) is 7.05 Å². The maximum atomic E-state index is 13.4. The number of hydrogen-bond acceptors (Lipinski definition) is 6. The molecule has 0 aromatic heterocycles. The summed E-state index contributed by atoms with van der Waals surface area (Å²) in [6, 6.07) is 16.3. The lowest BCUT2D eigenvalue weighted by molar-refractivity contribution is -0.140. The molecule has 4 rings (SSSR count). The summed E-state index contributed by atoms with van der Waals surface area (Å²) in [6.07, 6.45) is 0.185. The van der Waals surface area contributed by atoms with Crippen LogP contribution in [0, 0.1) is 5.92 Å². The number of nitrogens with one attached hydrogen (secondary N) is 3. The Bertz CT molecular complexity index is 1420. The predicted molar refractivity (Wildman–Crippen MR) is 153 cm³/mol. The highest BCUT2D eigenvalue weighted by Gasteiger charge is 2.37. The summed E-state index contributed by atoms with van der Waals surface area (Å²) in [4.78, 5) is 65.5. The fraction of sp³-hybridized carbons (Fsp3) is 0.323. The molecule has 0 fully saturated rings. The Hall–Kier alpha value is -4.57. The van der Waals surface area contributed by atoms with Gasteiger partial charge >= 0.3 is 5.97 Å². The molecule has 1 aliphatic rings. The minimum atomic E-state index is -1.23. The Morgan fingerprint density at radius 2 is 1.39 bits per heavy atom. The largest absolute Gasteiger partial charge is 0.480 e. The Balaban J connectivity index is 1.49. The maximum absolute atomic E-state index is 13.4. The van der Waals surface area contributed by atoms with Crippen LogP contribution in [0.4, 0.5) is 0 Å². The number of amides is 4. The van der Waals surface area contributed by atoms with E-state index in [2.05, 4.69) is 16.0 Å². The van der Waals surface area contributed by atoms with Gasteiger partial charge in [0.25, 0.3) is 11.8 Å². The summed E-state index contributed by atoms with van der Waals surface area (Å²) < 4.78 is 0. The lowest BCUT2D eigenvalue weighted by Crippen LogP contribution is -2.54. The zero-order valence-electron chi connectivity index (χ0n) is 23.2. The molecule has 1 aliphatic heterocycles. The fourth-order valence-electron chi connectivity index (χ4n) is 5.01. The quantitative estimate of drug-likeness (QED) is 0.250. The number of carbonyl (C=O) groups excluding carboxylic acids is 4. The number of likely N-dealkylation sites (N-methyl/N-ethyl adjacent to an activating group) is 1. The van der Waals surface area contributed by atoms with Gasteiger partial charge in [-0.15, -0.1) is 0 Å². The third-order valence-corrected chi connectivity index (χ3v) is 7.13. The molecule has 4 amide bonds. The minimum Gasteiger partial charge on any atom is -0.480 e. The second-order valence-electron chi connectivity index (χ2n) is 10.5. The van der Waals surface area contributed by atoms with Crippen molar-refractivity contribution in [3.05, 3.63) is 83.4 Å². The standard InChI is InChI=1S/C31H34N4O6/c1-18(2)15-25(27(36)34-26(28(37)32-3)19-9-5-4-6-10-19)33-24(31(40)41)13-14-35-29(38)22-16-20-11-7-8-12-21(20)17-23(22)30(35)39/h4-12,16-18,24-26,33H,13-15H2,1-3H3,(H,32,37)(H,34,36)(H,40,41)/t24-,25+,26+/m1/s1. The normalized spacial score (nSPS) is 15.0. The van der Waals surface area contributed by atoms with Crippen LogP contribution in [-0.2, 0) is 14.4 Å². The number of aliphatic carboxylic acids is 1. The summed E-state index contributed by atoms with van der Waals surface area (Å²) in [5.74, 6) is -3.11. The van der Waals surface area contributed by atoms with Crippen LogP contribution in [0.3, 0.4) is 0 Å². The van der Waals surface area contributed by atoms with Crippen molar-refractivity contribution in [2.24, 2.45) is 5.92 Å². The number of carboxylic acid groups (broad SMARTS) is 1. The smallest absolute Gasteiger partial charge is 0.320 e. The van der Waals surface area contributed by atoms with E-state index in [0.717, 1.165) is 15.7 Å². The van der Waals surface area contributed by atoms with Gasteiger partial charge in [0.1, 0.15) is 12.1 Å². The molecule has 3 aromatic carbocycles. The van der Waals surface area contributed by atoms with Crippen molar-refractivity contribution in [2.75, 3.05) is 13.6 Å². The van der Waals surface area contributed by atoms with E-state index in [-0.39, 0.29) is 30.0 Å². The van der Waals surface area contributed by atoms with Gasteiger partial charge in [0, 0.05) is 13.6 Å². The molecule has 0 radical (unpaired) electrons. The molecule has 0 aliphatic carbocycles. The first-order valence-electron chi connectivity index (χ1n) is 13.6. The van der Waals surface area contributed by atoms with Crippen molar-refractivity contribution < 1.29 is 29.1 Å². The van der Waals surface area contributed by atoms with Crippen LogP contribution in [-0.4, -0.2) is 65.3 Å². The first kappa shape index (κ1) is 29.4. The molecule has 10 heteroatoms. The van der Waals surface area contributed by atoms with Crippen LogP contribution in [0.1, 0.15) is 59.0 Å². The number of carboxylic acids is 1. The highest BCUT2D eigenvalue weighted by atomic mass is 16.4. The average Bonchev–Trinajstić information content (AvgIpc) is 3.19. The number of rotatable bonds is 12. The number of hydrogen-bond donors (Lipinski definition) is 4. The summed E-state index contributed by atoms with van der Waals surface area (Å²) >= 11 is 0. The Morgan fingerprint density at radius 1 is 0.829 bits per heavy atom.